The number of hydrogen-bond donors (Lipinski definition) is 0. The third kappa shape index (κ3) is 2.04. The topological polar surface area (TPSA) is 43.6 Å². The molecule has 88 valence electrons. The second-order valence-corrected chi connectivity index (χ2v) is 4.57. The minimum Gasteiger partial charge on any atom is -0.129 e. The number of tetrazole rings is 1. The van der Waals surface area contributed by atoms with E-state index in [0.29, 0.717) is 5.82 Å². The summed E-state index contributed by atoms with van der Waals surface area (Å²) >= 11 is 3.47. The molecule has 3 aromatic rings. The van der Waals surface area contributed by atoms with E-state index in [-0.39, 0.29) is 0 Å². The van der Waals surface area contributed by atoms with Crippen LogP contribution in [0.4, 0.5) is 0 Å². The van der Waals surface area contributed by atoms with E-state index in [4.69, 9.17) is 0 Å². The standard InChI is InChI=1S/C13H9BrN4/c14-11-8-4-5-9-12(11)18-16-13(15-17-18)10-6-2-1-3-7-10/h1-9H. The van der Waals surface area contributed by atoms with E-state index in [2.05, 4.69) is 31.3 Å². The van der Waals surface area contributed by atoms with Crippen LogP contribution in [0.3, 0.4) is 0 Å². The minimum atomic E-state index is 0.617. The Morgan fingerprint density at radius 1 is 0.889 bits per heavy atom. The number of aromatic nitrogens is 4. The summed E-state index contributed by atoms with van der Waals surface area (Å²) in [5.74, 6) is 0.617. The summed E-state index contributed by atoms with van der Waals surface area (Å²) in [5, 5.41) is 12.5. The van der Waals surface area contributed by atoms with Crippen molar-refractivity contribution in [3.05, 3.63) is 59.1 Å². The van der Waals surface area contributed by atoms with E-state index in [0.717, 1.165) is 15.7 Å². The average molecular weight is 301 g/mol. The summed E-state index contributed by atoms with van der Waals surface area (Å²) in [6, 6.07) is 17.5. The lowest BCUT2D eigenvalue weighted by molar-refractivity contribution is 0.717. The number of para-hydroxylation sites is 1. The molecule has 0 aliphatic rings. The number of halogens is 1. The van der Waals surface area contributed by atoms with Crippen LogP contribution in [0, 0.1) is 0 Å². The van der Waals surface area contributed by atoms with Gasteiger partial charge in [-0.3, -0.25) is 0 Å². The predicted octanol–water partition coefficient (Wildman–Crippen LogP) is 3.09. The van der Waals surface area contributed by atoms with Crippen LogP contribution in [0.25, 0.3) is 17.1 Å². The summed E-state index contributed by atoms with van der Waals surface area (Å²) < 4.78 is 0.932. The molecule has 0 fully saturated rings. The van der Waals surface area contributed by atoms with Gasteiger partial charge in [-0.1, -0.05) is 42.5 Å². The number of hydrogen-bond acceptors (Lipinski definition) is 3. The highest BCUT2D eigenvalue weighted by atomic mass is 79.9. The summed E-state index contributed by atoms with van der Waals surface area (Å²) in [4.78, 5) is 1.52. The van der Waals surface area contributed by atoms with Gasteiger partial charge in [-0.25, -0.2) is 0 Å². The van der Waals surface area contributed by atoms with Gasteiger partial charge in [0.05, 0.1) is 0 Å². The van der Waals surface area contributed by atoms with Crippen molar-refractivity contribution < 1.29 is 0 Å². The van der Waals surface area contributed by atoms with Gasteiger partial charge < -0.3 is 0 Å². The number of rotatable bonds is 2. The summed E-state index contributed by atoms with van der Waals surface area (Å²) in [5.41, 5.74) is 1.82. The van der Waals surface area contributed by atoms with Gasteiger partial charge in [-0.2, -0.15) is 0 Å². The molecule has 1 aromatic heterocycles. The lowest BCUT2D eigenvalue weighted by Gasteiger charge is -2.00. The van der Waals surface area contributed by atoms with Crippen molar-refractivity contribution in [3.8, 4) is 17.1 Å². The Bertz CT molecular complexity index is 664. The van der Waals surface area contributed by atoms with E-state index in [1.165, 1.54) is 4.80 Å². The molecule has 0 saturated carbocycles. The third-order valence-corrected chi connectivity index (χ3v) is 3.18. The number of benzene rings is 2. The minimum absolute atomic E-state index is 0.617. The van der Waals surface area contributed by atoms with Crippen LogP contribution in [-0.2, 0) is 0 Å². The fourth-order valence-corrected chi connectivity index (χ4v) is 2.08. The van der Waals surface area contributed by atoms with E-state index in [1.807, 2.05) is 54.6 Å². The molecule has 0 aliphatic heterocycles. The normalized spacial score (nSPS) is 10.5. The first-order chi connectivity index (χ1) is 8.84. The van der Waals surface area contributed by atoms with Crippen LogP contribution in [0.2, 0.25) is 0 Å². The fourth-order valence-electron chi connectivity index (χ4n) is 1.63. The van der Waals surface area contributed by atoms with Gasteiger partial charge in [-0.15, -0.1) is 15.0 Å². The van der Waals surface area contributed by atoms with Crippen molar-refractivity contribution in [1.29, 1.82) is 0 Å². The second-order valence-electron chi connectivity index (χ2n) is 3.72. The van der Waals surface area contributed by atoms with Gasteiger partial charge in [0, 0.05) is 10.0 Å². The Morgan fingerprint density at radius 3 is 2.39 bits per heavy atom. The molecule has 0 bridgehead atoms. The molecule has 0 aliphatic carbocycles. The van der Waals surface area contributed by atoms with Crippen LogP contribution < -0.4 is 0 Å². The average Bonchev–Trinajstić information content (AvgIpc) is 2.90. The Balaban J connectivity index is 2.03. The molecule has 3 rings (SSSR count). The SMILES string of the molecule is Brc1ccccc1-n1nnc(-c2ccccc2)n1. The zero-order valence-corrected chi connectivity index (χ0v) is 10.9. The first-order valence-electron chi connectivity index (χ1n) is 5.45. The van der Waals surface area contributed by atoms with Gasteiger partial charge in [0.1, 0.15) is 5.69 Å². The molecule has 0 radical (unpaired) electrons. The van der Waals surface area contributed by atoms with Crippen molar-refractivity contribution in [3.63, 3.8) is 0 Å². The molecule has 0 amide bonds. The zero-order valence-electron chi connectivity index (χ0n) is 9.36. The molecule has 0 unspecified atom stereocenters. The van der Waals surface area contributed by atoms with Crippen molar-refractivity contribution in [2.24, 2.45) is 0 Å². The fraction of sp³-hybridized carbons (Fsp3) is 0. The van der Waals surface area contributed by atoms with Gasteiger partial charge >= 0.3 is 0 Å². The molecule has 5 heteroatoms. The molecule has 0 atom stereocenters. The quantitative estimate of drug-likeness (QED) is 0.730. The molecule has 1 heterocycles. The molecule has 0 spiro atoms. The Morgan fingerprint density at radius 2 is 1.61 bits per heavy atom. The van der Waals surface area contributed by atoms with Gasteiger partial charge in [0.25, 0.3) is 0 Å². The largest absolute Gasteiger partial charge is 0.205 e. The van der Waals surface area contributed by atoms with Gasteiger partial charge in [0.2, 0.25) is 5.82 Å². The maximum Gasteiger partial charge on any atom is 0.205 e. The smallest absolute Gasteiger partial charge is 0.129 e. The van der Waals surface area contributed by atoms with E-state index < -0.39 is 0 Å². The zero-order chi connectivity index (χ0) is 12.4. The number of nitrogens with zero attached hydrogens (tertiary/aromatic N) is 4. The van der Waals surface area contributed by atoms with Crippen LogP contribution >= 0.6 is 15.9 Å². The Hall–Kier alpha value is -2.01. The first kappa shape index (κ1) is 11.1. The van der Waals surface area contributed by atoms with Crippen molar-refractivity contribution in [1.82, 2.24) is 20.2 Å². The van der Waals surface area contributed by atoms with Crippen molar-refractivity contribution >= 4 is 15.9 Å². The lowest BCUT2D eigenvalue weighted by Crippen LogP contribution is -1.99. The predicted molar refractivity (Wildman–Crippen MR) is 72.3 cm³/mol. The third-order valence-electron chi connectivity index (χ3n) is 2.51. The first-order valence-corrected chi connectivity index (χ1v) is 6.24. The second kappa shape index (κ2) is 4.70. The maximum atomic E-state index is 4.38. The molecular weight excluding hydrogens is 292 g/mol. The van der Waals surface area contributed by atoms with Crippen LogP contribution in [0.5, 0.6) is 0 Å². The molecule has 0 N–H and O–H groups in total. The summed E-state index contributed by atoms with van der Waals surface area (Å²) in [7, 11) is 0. The Kier molecular flexibility index (Phi) is 2.90. The molecule has 4 nitrogen and oxygen atoms in total. The highest BCUT2D eigenvalue weighted by Crippen LogP contribution is 2.20. The molecule has 18 heavy (non-hydrogen) atoms. The Labute approximate surface area is 112 Å². The van der Waals surface area contributed by atoms with Crippen LogP contribution in [0.15, 0.2) is 59.1 Å². The monoisotopic (exact) mass is 300 g/mol. The van der Waals surface area contributed by atoms with Crippen molar-refractivity contribution in [2.75, 3.05) is 0 Å². The van der Waals surface area contributed by atoms with E-state index >= 15 is 0 Å². The summed E-state index contributed by atoms with van der Waals surface area (Å²) in [6.45, 7) is 0. The highest BCUT2D eigenvalue weighted by Gasteiger charge is 2.08. The summed E-state index contributed by atoms with van der Waals surface area (Å²) in [6.07, 6.45) is 0. The van der Waals surface area contributed by atoms with Crippen molar-refractivity contribution in [2.45, 2.75) is 0 Å². The molecule has 0 saturated heterocycles. The molecular formula is C13H9BrN4. The van der Waals surface area contributed by atoms with E-state index in [9.17, 15) is 0 Å². The van der Waals surface area contributed by atoms with Gasteiger partial charge in [0.15, 0.2) is 0 Å². The van der Waals surface area contributed by atoms with Crippen LogP contribution in [0.1, 0.15) is 0 Å². The van der Waals surface area contributed by atoms with E-state index in [1.54, 1.807) is 0 Å². The molecule has 2 aromatic carbocycles. The highest BCUT2D eigenvalue weighted by molar-refractivity contribution is 9.10. The van der Waals surface area contributed by atoms with Crippen LogP contribution in [-0.4, -0.2) is 20.2 Å². The maximum absolute atomic E-state index is 4.38. The lowest BCUT2D eigenvalue weighted by atomic mass is 10.2. The van der Waals surface area contributed by atoms with Gasteiger partial charge in [-0.05, 0) is 33.3 Å².